The van der Waals surface area contributed by atoms with Gasteiger partial charge in [0, 0.05) is 36.6 Å². The Kier molecular flexibility index (Phi) is 7.52. The number of nitrogens with zero attached hydrogens (tertiary/aromatic N) is 1. The van der Waals surface area contributed by atoms with Gasteiger partial charge in [0.15, 0.2) is 0 Å². The molecule has 2 heterocycles. The lowest BCUT2D eigenvalue weighted by molar-refractivity contribution is -0.126. The van der Waals surface area contributed by atoms with Gasteiger partial charge < -0.3 is 21.3 Å². The number of nitrogens with one attached hydrogen (secondary N) is 2. The monoisotopic (exact) mass is 412 g/mol. The number of amides is 3. The van der Waals surface area contributed by atoms with Crippen LogP contribution in [0.1, 0.15) is 30.1 Å². The number of carbonyl (C=O) groups is 3. The van der Waals surface area contributed by atoms with Crippen molar-refractivity contribution >= 4 is 47.6 Å². The summed E-state index contributed by atoms with van der Waals surface area (Å²) in [6.45, 7) is 3.74. The summed E-state index contributed by atoms with van der Waals surface area (Å²) in [5, 5.41) is 5.51. The molecule has 27 heavy (non-hydrogen) atoms. The number of anilines is 1. The number of nitrogens with two attached hydrogens (primary N) is 1. The molecular weight excluding hydrogens is 388 g/mol. The first-order valence-corrected chi connectivity index (χ1v) is 9.76. The number of rotatable bonds is 4. The number of hydrogen-bond donors (Lipinski definition) is 3. The summed E-state index contributed by atoms with van der Waals surface area (Å²) in [6.07, 6.45) is 1.57. The van der Waals surface area contributed by atoms with Gasteiger partial charge in [-0.2, -0.15) is 0 Å². The van der Waals surface area contributed by atoms with Crippen molar-refractivity contribution in [3.63, 3.8) is 0 Å². The highest BCUT2D eigenvalue weighted by Gasteiger charge is 2.30. The average molecular weight is 413 g/mol. The molecule has 1 aromatic rings. The van der Waals surface area contributed by atoms with E-state index >= 15 is 0 Å². The topological polar surface area (TPSA) is 105 Å². The van der Waals surface area contributed by atoms with Crippen LogP contribution in [-0.2, 0) is 9.59 Å². The third kappa shape index (κ3) is 4.94. The summed E-state index contributed by atoms with van der Waals surface area (Å²) >= 11 is 1.49. The van der Waals surface area contributed by atoms with E-state index in [4.69, 9.17) is 5.73 Å². The van der Waals surface area contributed by atoms with Gasteiger partial charge in [-0.3, -0.25) is 14.4 Å². The van der Waals surface area contributed by atoms with Gasteiger partial charge >= 0.3 is 0 Å². The molecule has 2 atom stereocenters. The number of fused-ring (bicyclic) bond motifs is 1. The molecule has 3 rings (SSSR count). The molecule has 2 aliphatic heterocycles. The molecule has 3 amide bonds. The lowest BCUT2D eigenvalue weighted by Gasteiger charge is -2.32. The van der Waals surface area contributed by atoms with Gasteiger partial charge in [0.05, 0.1) is 16.9 Å². The van der Waals surface area contributed by atoms with E-state index in [9.17, 15) is 14.4 Å². The van der Waals surface area contributed by atoms with Crippen molar-refractivity contribution in [2.45, 2.75) is 29.9 Å². The van der Waals surface area contributed by atoms with E-state index in [0.717, 1.165) is 17.7 Å². The van der Waals surface area contributed by atoms with E-state index in [1.165, 1.54) is 11.8 Å². The molecule has 0 aromatic heterocycles. The number of likely N-dealkylation sites (tertiary alicyclic amines) is 1. The van der Waals surface area contributed by atoms with Gasteiger partial charge in [-0.15, -0.1) is 24.2 Å². The Morgan fingerprint density at radius 1 is 1.41 bits per heavy atom. The number of hydrogen-bond acceptors (Lipinski definition) is 5. The molecule has 0 radical (unpaired) electrons. The van der Waals surface area contributed by atoms with E-state index < -0.39 is 0 Å². The van der Waals surface area contributed by atoms with Gasteiger partial charge in [0.2, 0.25) is 11.8 Å². The summed E-state index contributed by atoms with van der Waals surface area (Å²) in [5.74, 6) is -0.410. The summed E-state index contributed by atoms with van der Waals surface area (Å²) < 4.78 is 0. The summed E-state index contributed by atoms with van der Waals surface area (Å²) in [7, 11) is 0. The normalized spacial score (nSPS) is 21.6. The zero-order chi connectivity index (χ0) is 18.7. The van der Waals surface area contributed by atoms with E-state index in [1.54, 1.807) is 17.0 Å². The van der Waals surface area contributed by atoms with Crippen LogP contribution in [0.2, 0.25) is 0 Å². The molecule has 0 saturated carbocycles. The smallest absolute Gasteiger partial charge is 0.253 e. The molecule has 9 heteroatoms. The van der Waals surface area contributed by atoms with Gasteiger partial charge in [0.1, 0.15) is 0 Å². The maximum atomic E-state index is 12.9. The van der Waals surface area contributed by atoms with Crippen LogP contribution in [0.3, 0.4) is 0 Å². The third-order valence-electron chi connectivity index (χ3n) is 4.68. The SMILES string of the molecule is CC1Sc2ccc(C(=O)N3CCCC(C(=O)NCCN)C3)cc2NC1=O.Cl. The number of halogens is 1. The Hall–Kier alpha value is -1.77. The van der Waals surface area contributed by atoms with Crippen LogP contribution in [0.5, 0.6) is 0 Å². The van der Waals surface area contributed by atoms with Gasteiger partial charge in [-0.25, -0.2) is 0 Å². The highest BCUT2D eigenvalue weighted by Crippen LogP contribution is 2.36. The maximum absolute atomic E-state index is 12.9. The van der Waals surface area contributed by atoms with Crippen LogP contribution in [-0.4, -0.2) is 54.1 Å². The molecule has 1 saturated heterocycles. The maximum Gasteiger partial charge on any atom is 0.253 e. The highest BCUT2D eigenvalue weighted by molar-refractivity contribution is 8.00. The molecule has 4 N–H and O–H groups in total. The minimum absolute atomic E-state index is 0. The van der Waals surface area contributed by atoms with Crippen LogP contribution in [0.15, 0.2) is 23.1 Å². The third-order valence-corrected chi connectivity index (χ3v) is 5.86. The minimum Gasteiger partial charge on any atom is -0.355 e. The van der Waals surface area contributed by atoms with Crippen molar-refractivity contribution in [1.82, 2.24) is 10.2 Å². The number of thioether (sulfide) groups is 1. The van der Waals surface area contributed by atoms with E-state index in [0.29, 0.717) is 37.4 Å². The predicted octanol–water partition coefficient (Wildman–Crippen LogP) is 1.47. The molecule has 1 fully saturated rings. The summed E-state index contributed by atoms with van der Waals surface area (Å²) in [6, 6.07) is 5.39. The van der Waals surface area contributed by atoms with E-state index in [1.807, 2.05) is 13.0 Å². The first-order valence-electron chi connectivity index (χ1n) is 8.88. The van der Waals surface area contributed by atoms with Crippen molar-refractivity contribution in [2.75, 3.05) is 31.5 Å². The molecular formula is C18H25ClN4O3S. The predicted molar refractivity (Wildman–Crippen MR) is 108 cm³/mol. The Morgan fingerprint density at radius 3 is 2.93 bits per heavy atom. The lowest BCUT2D eigenvalue weighted by atomic mass is 9.96. The minimum atomic E-state index is -0.201. The van der Waals surface area contributed by atoms with Crippen molar-refractivity contribution in [2.24, 2.45) is 11.7 Å². The number of piperidine rings is 1. The van der Waals surface area contributed by atoms with Gasteiger partial charge in [-0.05, 0) is 38.0 Å². The van der Waals surface area contributed by atoms with Crippen molar-refractivity contribution in [1.29, 1.82) is 0 Å². The number of benzene rings is 1. The highest BCUT2D eigenvalue weighted by atomic mass is 35.5. The first kappa shape index (κ1) is 21.5. The van der Waals surface area contributed by atoms with Crippen LogP contribution in [0, 0.1) is 5.92 Å². The van der Waals surface area contributed by atoms with E-state index in [2.05, 4.69) is 10.6 Å². The molecule has 148 valence electrons. The fourth-order valence-corrected chi connectivity index (χ4v) is 4.17. The largest absolute Gasteiger partial charge is 0.355 e. The van der Waals surface area contributed by atoms with Crippen LogP contribution in [0.4, 0.5) is 5.69 Å². The molecule has 7 nitrogen and oxygen atoms in total. The summed E-state index contributed by atoms with van der Waals surface area (Å²) in [5.41, 5.74) is 6.63. The van der Waals surface area contributed by atoms with Crippen molar-refractivity contribution in [3.05, 3.63) is 23.8 Å². The zero-order valence-electron chi connectivity index (χ0n) is 15.2. The quantitative estimate of drug-likeness (QED) is 0.694. The van der Waals surface area contributed by atoms with Crippen molar-refractivity contribution in [3.8, 4) is 0 Å². The Balaban J connectivity index is 0.00000261. The summed E-state index contributed by atoms with van der Waals surface area (Å²) in [4.78, 5) is 39.6. The Labute approximate surface area is 169 Å². The van der Waals surface area contributed by atoms with Crippen LogP contribution in [0.25, 0.3) is 0 Å². The lowest BCUT2D eigenvalue weighted by Crippen LogP contribution is -2.46. The van der Waals surface area contributed by atoms with Crippen LogP contribution < -0.4 is 16.4 Å². The second kappa shape index (κ2) is 9.43. The first-order chi connectivity index (χ1) is 12.5. The standard InChI is InChI=1S/C18H24N4O3S.ClH/c1-11-16(23)21-14-9-12(4-5-15(14)26-11)18(25)22-8-2-3-13(10-22)17(24)20-7-6-19;/h4-5,9,11,13H,2-3,6-8,10,19H2,1H3,(H,20,24)(H,21,23);1H. The van der Waals surface area contributed by atoms with Crippen molar-refractivity contribution < 1.29 is 14.4 Å². The average Bonchev–Trinajstić information content (AvgIpc) is 2.66. The molecule has 2 unspecified atom stereocenters. The van der Waals surface area contributed by atoms with Gasteiger partial charge in [-0.1, -0.05) is 0 Å². The molecule has 0 aliphatic carbocycles. The fourth-order valence-electron chi connectivity index (χ4n) is 3.24. The second-order valence-electron chi connectivity index (χ2n) is 6.63. The second-order valence-corrected chi connectivity index (χ2v) is 8.01. The Bertz CT molecular complexity index is 731. The van der Waals surface area contributed by atoms with E-state index in [-0.39, 0.29) is 41.3 Å². The fraction of sp³-hybridized carbons (Fsp3) is 0.500. The Morgan fingerprint density at radius 2 is 2.19 bits per heavy atom. The molecule has 1 aromatic carbocycles. The zero-order valence-corrected chi connectivity index (χ0v) is 16.8. The van der Waals surface area contributed by atoms with Gasteiger partial charge in [0.25, 0.3) is 5.91 Å². The number of carbonyl (C=O) groups excluding carboxylic acids is 3. The van der Waals surface area contributed by atoms with Crippen LogP contribution >= 0.6 is 24.2 Å². The molecule has 0 spiro atoms. The molecule has 2 aliphatic rings. The molecule has 0 bridgehead atoms.